The van der Waals surface area contributed by atoms with Crippen molar-refractivity contribution in [2.24, 2.45) is 0 Å². The summed E-state index contributed by atoms with van der Waals surface area (Å²) in [7, 11) is 0. The molecule has 0 N–H and O–H groups in total. The summed E-state index contributed by atoms with van der Waals surface area (Å²) >= 11 is 2.36. The Kier molecular flexibility index (Phi) is 4.25. The predicted octanol–water partition coefficient (Wildman–Crippen LogP) is 4.05. The third-order valence-electron chi connectivity index (χ3n) is 3.70. The van der Waals surface area contributed by atoms with Crippen LogP contribution in [0, 0.1) is 3.57 Å². The van der Waals surface area contributed by atoms with Crippen LogP contribution in [0.5, 0.6) is 0 Å². The Morgan fingerprint density at radius 2 is 1.94 bits per heavy atom. The van der Waals surface area contributed by atoms with Gasteiger partial charge in [0.25, 0.3) is 0 Å². The third kappa shape index (κ3) is 2.77. The Hall–Kier alpha value is -0.0900. The molecule has 2 atom stereocenters. The summed E-state index contributed by atoms with van der Waals surface area (Å²) < 4.78 is 1.32. The molecule has 0 saturated carbocycles. The van der Waals surface area contributed by atoms with Crippen molar-refractivity contribution >= 4 is 22.6 Å². The second-order valence-electron chi connectivity index (χ2n) is 4.79. The van der Waals surface area contributed by atoms with Crippen LogP contribution in [0.15, 0.2) is 24.3 Å². The fourth-order valence-electron chi connectivity index (χ4n) is 2.65. The topological polar surface area (TPSA) is 3.24 Å². The molecule has 0 spiro atoms. The van der Waals surface area contributed by atoms with E-state index < -0.39 is 0 Å². The van der Waals surface area contributed by atoms with E-state index in [1.165, 1.54) is 28.4 Å². The number of benzene rings is 1. The Labute approximate surface area is 112 Å². The summed E-state index contributed by atoms with van der Waals surface area (Å²) in [5.41, 5.74) is 1.45. The predicted molar refractivity (Wildman–Crippen MR) is 77.5 cm³/mol. The number of rotatable bonds is 3. The van der Waals surface area contributed by atoms with E-state index in [-0.39, 0.29) is 0 Å². The average molecular weight is 329 g/mol. The van der Waals surface area contributed by atoms with Crippen molar-refractivity contribution in [3.8, 4) is 0 Å². The summed E-state index contributed by atoms with van der Waals surface area (Å²) in [4.78, 5) is 2.67. The van der Waals surface area contributed by atoms with Crippen molar-refractivity contribution < 1.29 is 0 Å². The Balaban J connectivity index is 2.05. The Morgan fingerprint density at radius 1 is 1.25 bits per heavy atom. The zero-order valence-electron chi connectivity index (χ0n) is 10.1. The maximum absolute atomic E-state index is 2.67. The standard InChI is InChI=1S/C14H20IN/c1-3-14-9-4-11(2)16(14)10-12-5-7-13(15)8-6-12/h5-8,11,14H,3-4,9-10H2,1-2H3. The molecule has 1 nitrogen and oxygen atoms in total. The minimum absolute atomic E-state index is 0.754. The van der Waals surface area contributed by atoms with E-state index in [1.54, 1.807) is 0 Å². The van der Waals surface area contributed by atoms with Gasteiger partial charge in [0.2, 0.25) is 0 Å². The van der Waals surface area contributed by atoms with Crippen LogP contribution in [-0.4, -0.2) is 17.0 Å². The highest BCUT2D eigenvalue weighted by atomic mass is 127. The van der Waals surface area contributed by atoms with Crippen LogP contribution in [0.3, 0.4) is 0 Å². The quantitative estimate of drug-likeness (QED) is 0.756. The highest BCUT2D eigenvalue weighted by Crippen LogP contribution is 2.27. The van der Waals surface area contributed by atoms with Crippen molar-refractivity contribution in [1.29, 1.82) is 0 Å². The van der Waals surface area contributed by atoms with Gasteiger partial charge in [-0.15, -0.1) is 0 Å². The summed E-state index contributed by atoms with van der Waals surface area (Å²) in [6, 6.07) is 10.5. The highest BCUT2D eigenvalue weighted by molar-refractivity contribution is 14.1. The van der Waals surface area contributed by atoms with E-state index in [1.807, 2.05) is 0 Å². The zero-order valence-corrected chi connectivity index (χ0v) is 12.3. The zero-order chi connectivity index (χ0) is 11.5. The number of halogens is 1. The molecule has 1 saturated heterocycles. The Bertz CT molecular complexity index is 333. The number of hydrogen-bond donors (Lipinski definition) is 0. The molecule has 2 rings (SSSR count). The average Bonchev–Trinajstić information content (AvgIpc) is 2.63. The SMILES string of the molecule is CCC1CCC(C)N1Cc1ccc(I)cc1. The van der Waals surface area contributed by atoms with Crippen molar-refractivity contribution in [3.05, 3.63) is 33.4 Å². The molecule has 1 aliphatic heterocycles. The van der Waals surface area contributed by atoms with Crippen molar-refractivity contribution in [1.82, 2.24) is 4.90 Å². The lowest BCUT2D eigenvalue weighted by atomic mass is 10.1. The molecule has 88 valence electrons. The molecule has 0 bridgehead atoms. The first-order valence-corrected chi connectivity index (χ1v) is 7.28. The van der Waals surface area contributed by atoms with E-state index in [9.17, 15) is 0 Å². The first-order chi connectivity index (χ1) is 7.70. The minimum Gasteiger partial charge on any atom is -0.293 e. The van der Waals surface area contributed by atoms with Crippen LogP contribution in [-0.2, 0) is 6.54 Å². The van der Waals surface area contributed by atoms with Crippen LogP contribution in [0.4, 0.5) is 0 Å². The van der Waals surface area contributed by atoms with Crippen molar-refractivity contribution in [3.63, 3.8) is 0 Å². The van der Waals surface area contributed by atoms with E-state index in [4.69, 9.17) is 0 Å². The molecule has 1 aromatic rings. The van der Waals surface area contributed by atoms with Crippen LogP contribution >= 0.6 is 22.6 Å². The van der Waals surface area contributed by atoms with E-state index in [0.717, 1.165) is 18.6 Å². The van der Waals surface area contributed by atoms with Crippen LogP contribution in [0.1, 0.15) is 38.7 Å². The second kappa shape index (κ2) is 5.50. The van der Waals surface area contributed by atoms with Gasteiger partial charge in [-0.25, -0.2) is 0 Å². The second-order valence-corrected chi connectivity index (χ2v) is 6.03. The third-order valence-corrected chi connectivity index (χ3v) is 4.42. The van der Waals surface area contributed by atoms with Crippen LogP contribution < -0.4 is 0 Å². The number of likely N-dealkylation sites (tertiary alicyclic amines) is 1. The normalized spacial score (nSPS) is 26.2. The Morgan fingerprint density at radius 3 is 2.56 bits per heavy atom. The molecule has 2 unspecified atom stereocenters. The van der Waals surface area contributed by atoms with Gasteiger partial charge in [0.1, 0.15) is 0 Å². The van der Waals surface area contributed by atoms with Crippen molar-refractivity contribution in [2.45, 2.75) is 51.7 Å². The first kappa shape index (κ1) is 12.4. The molecule has 1 aromatic carbocycles. The monoisotopic (exact) mass is 329 g/mol. The van der Waals surface area contributed by atoms with Gasteiger partial charge < -0.3 is 0 Å². The molecule has 1 aliphatic rings. The molecule has 0 aromatic heterocycles. The highest BCUT2D eigenvalue weighted by Gasteiger charge is 2.28. The lowest BCUT2D eigenvalue weighted by Gasteiger charge is -2.27. The molecule has 1 heterocycles. The molecule has 0 radical (unpaired) electrons. The lowest BCUT2D eigenvalue weighted by molar-refractivity contribution is 0.189. The molecular weight excluding hydrogens is 309 g/mol. The number of nitrogens with zero attached hydrogens (tertiary/aromatic N) is 1. The fraction of sp³-hybridized carbons (Fsp3) is 0.571. The summed E-state index contributed by atoms with van der Waals surface area (Å²) in [6.07, 6.45) is 4.03. The van der Waals surface area contributed by atoms with E-state index >= 15 is 0 Å². The van der Waals surface area contributed by atoms with E-state index in [0.29, 0.717) is 0 Å². The summed E-state index contributed by atoms with van der Waals surface area (Å²) in [5.74, 6) is 0. The molecule has 0 aliphatic carbocycles. The van der Waals surface area contributed by atoms with Gasteiger partial charge in [-0.2, -0.15) is 0 Å². The largest absolute Gasteiger partial charge is 0.293 e. The van der Waals surface area contributed by atoms with Crippen LogP contribution in [0.25, 0.3) is 0 Å². The fourth-order valence-corrected chi connectivity index (χ4v) is 3.01. The summed E-state index contributed by atoms with van der Waals surface area (Å²) in [5, 5.41) is 0. The smallest absolute Gasteiger partial charge is 0.0239 e. The molecule has 2 heteroatoms. The van der Waals surface area contributed by atoms with Gasteiger partial charge in [-0.1, -0.05) is 19.1 Å². The maximum Gasteiger partial charge on any atom is 0.0239 e. The van der Waals surface area contributed by atoms with Gasteiger partial charge >= 0.3 is 0 Å². The molecule has 16 heavy (non-hydrogen) atoms. The maximum atomic E-state index is 2.67. The van der Waals surface area contributed by atoms with E-state index in [2.05, 4.69) is 65.6 Å². The lowest BCUT2D eigenvalue weighted by Crippen LogP contribution is -2.33. The first-order valence-electron chi connectivity index (χ1n) is 6.21. The van der Waals surface area contributed by atoms with Gasteiger partial charge in [-0.3, -0.25) is 4.90 Å². The van der Waals surface area contributed by atoms with Crippen LogP contribution in [0.2, 0.25) is 0 Å². The van der Waals surface area contributed by atoms with Gasteiger partial charge in [0, 0.05) is 22.2 Å². The minimum atomic E-state index is 0.754. The van der Waals surface area contributed by atoms with Crippen molar-refractivity contribution in [2.75, 3.05) is 0 Å². The molecule has 0 amide bonds. The van der Waals surface area contributed by atoms with Gasteiger partial charge in [-0.05, 0) is 66.5 Å². The molecule has 1 fully saturated rings. The van der Waals surface area contributed by atoms with Gasteiger partial charge in [0.05, 0.1) is 0 Å². The van der Waals surface area contributed by atoms with Gasteiger partial charge in [0.15, 0.2) is 0 Å². The molecular formula is C14H20IN. The number of hydrogen-bond acceptors (Lipinski definition) is 1. The summed E-state index contributed by atoms with van der Waals surface area (Å²) in [6.45, 7) is 5.79.